The Bertz CT molecular complexity index is 361. The van der Waals surface area contributed by atoms with E-state index in [0.717, 1.165) is 25.7 Å². The van der Waals surface area contributed by atoms with Crippen LogP contribution in [0.4, 0.5) is 0 Å². The lowest BCUT2D eigenvalue weighted by molar-refractivity contribution is 0.159. The summed E-state index contributed by atoms with van der Waals surface area (Å²) < 4.78 is 2.06. The first-order valence-corrected chi connectivity index (χ1v) is 7.76. The van der Waals surface area contributed by atoms with Crippen LogP contribution in [0.5, 0.6) is 0 Å². The van der Waals surface area contributed by atoms with Gasteiger partial charge in [-0.25, -0.2) is 0 Å². The van der Waals surface area contributed by atoms with E-state index in [9.17, 15) is 0 Å². The zero-order valence-corrected chi connectivity index (χ0v) is 12.4. The standard InChI is InChI=1S/C15H28N4/c1-3-19-15(8-10-17-19)13-16-9-6-12-18-11-5-4-7-14(18)2/h8,10,14,16H,3-7,9,11-13H2,1-2H3. The van der Waals surface area contributed by atoms with Crippen molar-refractivity contribution in [3.8, 4) is 0 Å². The van der Waals surface area contributed by atoms with Gasteiger partial charge in [0.15, 0.2) is 0 Å². The van der Waals surface area contributed by atoms with Gasteiger partial charge >= 0.3 is 0 Å². The number of rotatable bonds is 7. The molecule has 1 N–H and O–H groups in total. The largest absolute Gasteiger partial charge is 0.311 e. The van der Waals surface area contributed by atoms with Crippen LogP contribution in [0, 0.1) is 0 Å². The number of hydrogen-bond acceptors (Lipinski definition) is 3. The number of nitrogens with zero attached hydrogens (tertiary/aromatic N) is 3. The molecule has 2 heterocycles. The maximum absolute atomic E-state index is 4.29. The molecule has 1 atom stereocenters. The molecule has 1 aliphatic rings. The van der Waals surface area contributed by atoms with Crippen LogP contribution < -0.4 is 5.32 Å². The van der Waals surface area contributed by atoms with Crippen LogP contribution in [0.15, 0.2) is 12.3 Å². The lowest BCUT2D eigenvalue weighted by Gasteiger charge is -2.33. The Morgan fingerprint density at radius 1 is 1.42 bits per heavy atom. The van der Waals surface area contributed by atoms with Crippen molar-refractivity contribution >= 4 is 0 Å². The quantitative estimate of drug-likeness (QED) is 0.767. The third-order valence-corrected chi connectivity index (χ3v) is 4.15. The second kappa shape index (κ2) is 7.65. The maximum Gasteiger partial charge on any atom is 0.0521 e. The topological polar surface area (TPSA) is 33.1 Å². The molecular formula is C15H28N4. The first kappa shape index (κ1) is 14.5. The van der Waals surface area contributed by atoms with Gasteiger partial charge in [0.25, 0.3) is 0 Å². The third-order valence-electron chi connectivity index (χ3n) is 4.15. The van der Waals surface area contributed by atoms with Gasteiger partial charge in [-0.05, 0) is 58.8 Å². The van der Waals surface area contributed by atoms with Crippen LogP contribution in [0.2, 0.25) is 0 Å². The average molecular weight is 264 g/mol. The first-order chi connectivity index (χ1) is 9.31. The molecule has 1 aliphatic heterocycles. The normalized spacial score (nSPS) is 20.8. The lowest BCUT2D eigenvalue weighted by atomic mass is 10.0. The summed E-state index contributed by atoms with van der Waals surface area (Å²) in [6.07, 6.45) is 7.30. The molecule has 2 rings (SSSR count). The van der Waals surface area contributed by atoms with Gasteiger partial charge in [0.1, 0.15) is 0 Å². The molecule has 0 aromatic carbocycles. The van der Waals surface area contributed by atoms with Gasteiger partial charge in [0, 0.05) is 25.3 Å². The number of likely N-dealkylation sites (tertiary alicyclic amines) is 1. The Hall–Kier alpha value is -0.870. The van der Waals surface area contributed by atoms with Crippen molar-refractivity contribution < 1.29 is 0 Å². The third kappa shape index (κ3) is 4.32. The van der Waals surface area contributed by atoms with Gasteiger partial charge in [-0.3, -0.25) is 4.68 Å². The predicted octanol–water partition coefficient (Wildman–Crippen LogP) is 2.26. The molecule has 19 heavy (non-hydrogen) atoms. The molecule has 0 spiro atoms. The van der Waals surface area contributed by atoms with E-state index in [2.05, 4.69) is 39.9 Å². The molecule has 0 aliphatic carbocycles. The number of hydrogen-bond donors (Lipinski definition) is 1. The average Bonchev–Trinajstić information content (AvgIpc) is 2.88. The van der Waals surface area contributed by atoms with E-state index in [1.165, 1.54) is 44.5 Å². The summed E-state index contributed by atoms with van der Waals surface area (Å²) >= 11 is 0. The van der Waals surface area contributed by atoms with Gasteiger partial charge in [0.05, 0.1) is 5.69 Å². The molecule has 108 valence electrons. The van der Waals surface area contributed by atoms with E-state index in [1.54, 1.807) is 0 Å². The SMILES string of the molecule is CCn1nccc1CNCCCN1CCCCC1C. The molecule has 0 radical (unpaired) electrons. The Kier molecular flexibility index (Phi) is 5.86. The second-order valence-corrected chi connectivity index (χ2v) is 5.55. The van der Waals surface area contributed by atoms with Gasteiger partial charge in [-0.15, -0.1) is 0 Å². The number of piperidine rings is 1. The summed E-state index contributed by atoms with van der Waals surface area (Å²) in [6, 6.07) is 2.89. The fourth-order valence-electron chi connectivity index (χ4n) is 2.91. The lowest BCUT2D eigenvalue weighted by Crippen LogP contribution is -2.38. The van der Waals surface area contributed by atoms with E-state index in [4.69, 9.17) is 0 Å². The van der Waals surface area contributed by atoms with Crippen molar-refractivity contribution in [3.05, 3.63) is 18.0 Å². The van der Waals surface area contributed by atoms with Gasteiger partial charge < -0.3 is 10.2 Å². The first-order valence-electron chi connectivity index (χ1n) is 7.76. The van der Waals surface area contributed by atoms with Crippen LogP contribution in [0.1, 0.15) is 45.2 Å². The van der Waals surface area contributed by atoms with Crippen molar-refractivity contribution in [2.24, 2.45) is 0 Å². The minimum absolute atomic E-state index is 0.787. The highest BCUT2D eigenvalue weighted by Crippen LogP contribution is 2.16. The van der Waals surface area contributed by atoms with Gasteiger partial charge in [0.2, 0.25) is 0 Å². The number of nitrogens with one attached hydrogen (secondary N) is 1. The summed E-state index contributed by atoms with van der Waals surface area (Å²) in [4.78, 5) is 2.64. The van der Waals surface area contributed by atoms with E-state index < -0.39 is 0 Å². The summed E-state index contributed by atoms with van der Waals surface area (Å²) in [5.74, 6) is 0. The molecule has 0 saturated carbocycles. The fraction of sp³-hybridized carbons (Fsp3) is 0.800. The zero-order chi connectivity index (χ0) is 13.5. The van der Waals surface area contributed by atoms with Gasteiger partial charge in [-0.1, -0.05) is 6.42 Å². The summed E-state index contributed by atoms with van der Waals surface area (Å²) in [5.41, 5.74) is 1.29. The monoisotopic (exact) mass is 264 g/mol. The summed E-state index contributed by atoms with van der Waals surface area (Å²) in [5, 5.41) is 7.81. The second-order valence-electron chi connectivity index (χ2n) is 5.55. The van der Waals surface area contributed by atoms with Gasteiger partial charge in [-0.2, -0.15) is 5.10 Å². The Morgan fingerprint density at radius 3 is 3.11 bits per heavy atom. The molecule has 0 bridgehead atoms. The minimum Gasteiger partial charge on any atom is -0.311 e. The van der Waals surface area contributed by atoms with Crippen molar-refractivity contribution in [2.75, 3.05) is 19.6 Å². The van der Waals surface area contributed by atoms with E-state index in [0.29, 0.717) is 0 Å². The van der Waals surface area contributed by atoms with Crippen molar-refractivity contribution in [1.29, 1.82) is 0 Å². The molecule has 4 heteroatoms. The molecular weight excluding hydrogens is 236 g/mol. The molecule has 1 aromatic heterocycles. The molecule has 1 saturated heterocycles. The molecule has 0 amide bonds. The summed E-state index contributed by atoms with van der Waals surface area (Å²) in [7, 11) is 0. The summed E-state index contributed by atoms with van der Waals surface area (Å²) in [6.45, 7) is 10.0. The van der Waals surface area contributed by atoms with Crippen molar-refractivity contribution in [1.82, 2.24) is 20.0 Å². The smallest absolute Gasteiger partial charge is 0.0521 e. The van der Waals surface area contributed by atoms with Crippen LogP contribution in [-0.4, -0.2) is 40.4 Å². The number of aryl methyl sites for hydroxylation is 1. The number of aromatic nitrogens is 2. The Labute approximate surface area is 117 Å². The van der Waals surface area contributed by atoms with E-state index in [1.807, 2.05) is 6.20 Å². The van der Waals surface area contributed by atoms with Crippen LogP contribution in [0.3, 0.4) is 0 Å². The zero-order valence-electron chi connectivity index (χ0n) is 12.4. The Morgan fingerprint density at radius 2 is 2.32 bits per heavy atom. The molecule has 1 fully saturated rings. The van der Waals surface area contributed by atoms with Crippen LogP contribution in [-0.2, 0) is 13.1 Å². The van der Waals surface area contributed by atoms with Crippen LogP contribution in [0.25, 0.3) is 0 Å². The molecule has 1 unspecified atom stereocenters. The van der Waals surface area contributed by atoms with E-state index in [-0.39, 0.29) is 0 Å². The van der Waals surface area contributed by atoms with E-state index >= 15 is 0 Å². The van der Waals surface area contributed by atoms with Crippen molar-refractivity contribution in [3.63, 3.8) is 0 Å². The van der Waals surface area contributed by atoms with Crippen LogP contribution >= 0.6 is 0 Å². The van der Waals surface area contributed by atoms with Crippen molar-refractivity contribution in [2.45, 2.75) is 58.7 Å². The minimum atomic E-state index is 0.787. The Balaban J connectivity index is 1.59. The maximum atomic E-state index is 4.29. The highest BCUT2D eigenvalue weighted by molar-refractivity contribution is 4.99. The molecule has 4 nitrogen and oxygen atoms in total. The predicted molar refractivity (Wildman–Crippen MR) is 79.1 cm³/mol. The fourth-order valence-corrected chi connectivity index (χ4v) is 2.91. The highest BCUT2D eigenvalue weighted by atomic mass is 15.3. The molecule has 1 aromatic rings. The highest BCUT2D eigenvalue weighted by Gasteiger charge is 2.16.